The molecule has 3 aromatic rings. The first-order chi connectivity index (χ1) is 13.0. The van der Waals surface area contributed by atoms with Crippen LogP contribution in [0.4, 0.5) is 27.5 Å². The molecule has 0 saturated heterocycles. The minimum absolute atomic E-state index is 0.148. The first kappa shape index (κ1) is 17.4. The van der Waals surface area contributed by atoms with Crippen LogP contribution in [0.1, 0.15) is 0 Å². The van der Waals surface area contributed by atoms with E-state index in [0.29, 0.717) is 0 Å². The molecule has 0 spiro atoms. The van der Waals surface area contributed by atoms with E-state index in [4.69, 9.17) is 11.6 Å². The van der Waals surface area contributed by atoms with Crippen LogP contribution in [-0.4, -0.2) is 11.0 Å². The number of nitrogens with one attached hydrogen (secondary N) is 1. The molecule has 0 unspecified atom stereocenters. The summed E-state index contributed by atoms with van der Waals surface area (Å²) in [6, 6.07) is 18.6. The minimum atomic E-state index is -0.534. The van der Waals surface area contributed by atoms with Gasteiger partial charge in [0.05, 0.1) is 27.0 Å². The number of nitrogens with zero attached hydrogens (tertiary/aromatic N) is 2. The van der Waals surface area contributed by atoms with Gasteiger partial charge in [0.15, 0.2) is 0 Å². The van der Waals surface area contributed by atoms with Crippen molar-refractivity contribution in [2.45, 2.75) is 9.79 Å². The molecule has 4 rings (SSSR count). The number of hydrogen-bond donors (Lipinski definition) is 1. The number of nitro benzene ring substituents is 1. The Labute approximate surface area is 163 Å². The smallest absolute Gasteiger partial charge is 0.306 e. The van der Waals surface area contributed by atoms with Crippen LogP contribution in [0.25, 0.3) is 0 Å². The number of anilines is 3. The second-order valence-electron chi connectivity index (χ2n) is 5.72. The molecule has 8 heteroatoms. The minimum Gasteiger partial charge on any atom is -0.306 e. The number of hydrogen-bond acceptors (Lipinski definition) is 4. The molecule has 0 aromatic heterocycles. The third-order valence-corrected chi connectivity index (χ3v) is 5.50. The maximum atomic E-state index is 13.1. The third kappa shape index (κ3) is 3.22. The Morgan fingerprint density at radius 3 is 2.19 bits per heavy atom. The van der Waals surface area contributed by atoms with Crippen molar-refractivity contribution in [3.05, 3.63) is 81.9 Å². The van der Waals surface area contributed by atoms with Gasteiger partial charge in [-0.05, 0) is 30.3 Å². The van der Waals surface area contributed by atoms with Crippen molar-refractivity contribution in [1.82, 2.24) is 0 Å². The third-order valence-electron chi connectivity index (χ3n) is 4.04. The van der Waals surface area contributed by atoms with Crippen molar-refractivity contribution in [2.24, 2.45) is 0 Å². The van der Waals surface area contributed by atoms with Gasteiger partial charge in [-0.2, -0.15) is 0 Å². The van der Waals surface area contributed by atoms with Gasteiger partial charge in [0.1, 0.15) is 0 Å². The molecule has 1 heterocycles. The van der Waals surface area contributed by atoms with Gasteiger partial charge >= 0.3 is 6.03 Å². The highest BCUT2D eigenvalue weighted by molar-refractivity contribution is 7.99. The quantitative estimate of drug-likeness (QED) is 0.419. The van der Waals surface area contributed by atoms with Crippen LogP contribution < -0.4 is 10.2 Å². The fourth-order valence-electron chi connectivity index (χ4n) is 2.82. The molecule has 0 saturated carbocycles. The summed E-state index contributed by atoms with van der Waals surface area (Å²) in [5.74, 6) is 0. The van der Waals surface area contributed by atoms with Gasteiger partial charge in [0.25, 0.3) is 5.69 Å². The zero-order valence-corrected chi connectivity index (χ0v) is 15.3. The van der Waals surface area contributed by atoms with E-state index in [2.05, 4.69) is 5.32 Å². The number of carbonyl (C=O) groups is 1. The molecule has 0 aliphatic carbocycles. The molecule has 1 aliphatic rings. The Kier molecular flexibility index (Phi) is 4.47. The van der Waals surface area contributed by atoms with E-state index in [1.807, 2.05) is 48.5 Å². The summed E-state index contributed by atoms with van der Waals surface area (Å²) >= 11 is 7.71. The highest BCUT2D eigenvalue weighted by Gasteiger charge is 2.28. The molecule has 0 bridgehead atoms. The van der Waals surface area contributed by atoms with E-state index in [9.17, 15) is 14.9 Å². The van der Waals surface area contributed by atoms with Gasteiger partial charge < -0.3 is 5.32 Å². The number of benzene rings is 3. The Balaban J connectivity index is 1.75. The van der Waals surface area contributed by atoms with Crippen molar-refractivity contribution < 1.29 is 9.72 Å². The number of non-ortho nitro benzene ring substituents is 1. The monoisotopic (exact) mass is 397 g/mol. The number of rotatable bonds is 2. The average Bonchev–Trinajstić information content (AvgIpc) is 2.67. The molecule has 27 heavy (non-hydrogen) atoms. The summed E-state index contributed by atoms with van der Waals surface area (Å²) in [6.07, 6.45) is 0. The molecule has 1 N–H and O–H groups in total. The molecular formula is C19H12ClN3O3S. The lowest BCUT2D eigenvalue weighted by Crippen LogP contribution is -2.32. The van der Waals surface area contributed by atoms with Crippen molar-refractivity contribution in [3.8, 4) is 0 Å². The number of carbonyl (C=O) groups excluding carboxylic acids is 1. The van der Waals surface area contributed by atoms with Crippen LogP contribution in [0.3, 0.4) is 0 Å². The predicted octanol–water partition coefficient (Wildman–Crippen LogP) is 6.08. The number of nitro groups is 1. The van der Waals surface area contributed by atoms with Crippen LogP contribution >= 0.6 is 23.4 Å². The topological polar surface area (TPSA) is 75.5 Å². The lowest BCUT2D eigenvalue weighted by atomic mass is 10.2. The fraction of sp³-hybridized carbons (Fsp3) is 0. The maximum absolute atomic E-state index is 13.1. The van der Waals surface area contributed by atoms with Gasteiger partial charge in [-0.15, -0.1) is 0 Å². The Hall–Kier alpha value is -3.03. The van der Waals surface area contributed by atoms with Crippen LogP contribution in [0, 0.1) is 10.1 Å². The maximum Gasteiger partial charge on any atom is 0.331 e. The van der Waals surface area contributed by atoms with Gasteiger partial charge in [0.2, 0.25) is 0 Å². The largest absolute Gasteiger partial charge is 0.331 e. The van der Waals surface area contributed by atoms with Gasteiger partial charge in [-0.1, -0.05) is 47.6 Å². The summed E-state index contributed by atoms with van der Waals surface area (Å²) in [4.78, 5) is 27.0. The average molecular weight is 398 g/mol. The Bertz CT molecular complexity index is 1030. The summed E-state index contributed by atoms with van der Waals surface area (Å²) in [6.45, 7) is 0. The molecule has 6 nitrogen and oxygen atoms in total. The molecule has 3 aromatic carbocycles. The van der Waals surface area contributed by atoms with Gasteiger partial charge in [-0.25, -0.2) is 4.79 Å². The highest BCUT2D eigenvalue weighted by Crippen LogP contribution is 2.48. The normalized spacial score (nSPS) is 12.1. The fourth-order valence-corrected chi connectivity index (χ4v) is 4.04. The molecule has 0 atom stereocenters. The molecule has 0 radical (unpaired) electrons. The first-order valence-electron chi connectivity index (χ1n) is 7.95. The van der Waals surface area contributed by atoms with E-state index in [1.165, 1.54) is 18.2 Å². The molecule has 2 amide bonds. The van der Waals surface area contributed by atoms with E-state index in [1.54, 1.807) is 16.7 Å². The number of urea groups is 1. The molecule has 1 aliphatic heterocycles. The SMILES string of the molecule is O=C(Nc1cc([N+](=O)[O-])ccc1Cl)N1c2ccccc2Sc2ccccc21. The zero-order valence-electron chi connectivity index (χ0n) is 13.8. The van der Waals surface area contributed by atoms with Crippen molar-refractivity contribution in [3.63, 3.8) is 0 Å². The molecule has 134 valence electrons. The van der Waals surface area contributed by atoms with Crippen LogP contribution in [0.5, 0.6) is 0 Å². The number of para-hydroxylation sites is 2. The Morgan fingerprint density at radius 2 is 1.59 bits per heavy atom. The second-order valence-corrected chi connectivity index (χ2v) is 7.22. The molecule has 0 fully saturated rings. The summed E-state index contributed by atoms with van der Waals surface area (Å²) in [7, 11) is 0. The first-order valence-corrected chi connectivity index (χ1v) is 9.15. The van der Waals surface area contributed by atoms with Crippen molar-refractivity contribution in [1.29, 1.82) is 0 Å². The summed E-state index contributed by atoms with van der Waals surface area (Å²) in [5, 5.41) is 13.9. The lowest BCUT2D eigenvalue weighted by Gasteiger charge is -2.31. The summed E-state index contributed by atoms with van der Waals surface area (Å²) < 4.78 is 0. The standard InChI is InChI=1S/C19H12ClN3O3S/c20-13-10-9-12(23(25)26)11-14(13)21-19(24)22-15-5-1-3-7-17(15)27-18-8-4-2-6-16(18)22/h1-11H,(H,21,24). The van der Waals surface area contributed by atoms with Gasteiger partial charge in [0, 0.05) is 21.9 Å². The van der Waals surface area contributed by atoms with Crippen LogP contribution in [-0.2, 0) is 0 Å². The van der Waals surface area contributed by atoms with Crippen molar-refractivity contribution in [2.75, 3.05) is 10.2 Å². The Morgan fingerprint density at radius 1 is 1.00 bits per heavy atom. The van der Waals surface area contributed by atoms with Crippen LogP contribution in [0.2, 0.25) is 5.02 Å². The van der Waals surface area contributed by atoms with Gasteiger partial charge in [-0.3, -0.25) is 15.0 Å². The predicted molar refractivity (Wildman–Crippen MR) is 106 cm³/mol. The lowest BCUT2D eigenvalue weighted by molar-refractivity contribution is -0.384. The highest BCUT2D eigenvalue weighted by atomic mass is 35.5. The van der Waals surface area contributed by atoms with E-state index < -0.39 is 11.0 Å². The van der Waals surface area contributed by atoms with Crippen LogP contribution in [0.15, 0.2) is 76.5 Å². The number of amides is 2. The number of halogens is 1. The summed E-state index contributed by atoms with van der Waals surface area (Å²) in [5.41, 5.74) is 1.51. The number of fused-ring (bicyclic) bond motifs is 2. The zero-order chi connectivity index (χ0) is 19.0. The van der Waals surface area contributed by atoms with E-state index in [-0.39, 0.29) is 16.4 Å². The van der Waals surface area contributed by atoms with E-state index >= 15 is 0 Å². The van der Waals surface area contributed by atoms with Crippen molar-refractivity contribution >= 4 is 52.1 Å². The molecular weight excluding hydrogens is 386 g/mol. The van der Waals surface area contributed by atoms with E-state index in [0.717, 1.165) is 21.2 Å². The second kappa shape index (κ2) is 6.94.